The van der Waals surface area contributed by atoms with E-state index in [0.29, 0.717) is 18.0 Å². The van der Waals surface area contributed by atoms with Gasteiger partial charge >= 0.3 is 0 Å². The van der Waals surface area contributed by atoms with Crippen LogP contribution in [0.15, 0.2) is 30.5 Å². The lowest BCUT2D eigenvalue weighted by Gasteiger charge is -2.15. The van der Waals surface area contributed by atoms with Gasteiger partial charge in [-0.2, -0.15) is 5.10 Å². The van der Waals surface area contributed by atoms with E-state index in [1.165, 1.54) is 16.4 Å². The Hall–Kier alpha value is -2.50. The second-order valence-electron chi connectivity index (χ2n) is 5.07. The molecule has 1 heterocycles. The van der Waals surface area contributed by atoms with Gasteiger partial charge in [-0.15, -0.1) is 0 Å². The molecule has 0 aliphatic carbocycles. The fourth-order valence-corrected chi connectivity index (χ4v) is 1.92. The molecule has 1 aromatic carbocycles. The lowest BCUT2D eigenvalue weighted by molar-refractivity contribution is 0.0918. The summed E-state index contributed by atoms with van der Waals surface area (Å²) in [5.41, 5.74) is 7.62. The number of benzene rings is 1. The van der Waals surface area contributed by atoms with Crippen LogP contribution in [0.4, 0.5) is 5.69 Å². The number of nitrogens with one attached hydrogen (secondary N) is 1. The van der Waals surface area contributed by atoms with Gasteiger partial charge in [-0.25, -0.2) is 0 Å². The van der Waals surface area contributed by atoms with E-state index in [0.717, 1.165) is 5.75 Å². The zero-order chi connectivity index (χ0) is 15.4. The molecule has 0 bridgehead atoms. The smallest absolute Gasteiger partial charge is 0.272 e. The largest absolute Gasteiger partial charge is 0.491 e. The number of carbonyl (C=O) groups excluding carboxylic acids is 1. The van der Waals surface area contributed by atoms with Gasteiger partial charge in [-0.1, -0.05) is 17.7 Å². The van der Waals surface area contributed by atoms with Gasteiger partial charge in [0.05, 0.1) is 17.9 Å². The van der Waals surface area contributed by atoms with E-state index >= 15 is 0 Å². The second-order valence-corrected chi connectivity index (χ2v) is 5.07. The van der Waals surface area contributed by atoms with Gasteiger partial charge in [0, 0.05) is 7.05 Å². The third-order valence-electron chi connectivity index (χ3n) is 3.08. The molecule has 0 saturated heterocycles. The van der Waals surface area contributed by atoms with Crippen molar-refractivity contribution in [2.75, 3.05) is 12.3 Å². The first-order valence-corrected chi connectivity index (χ1v) is 6.75. The van der Waals surface area contributed by atoms with Gasteiger partial charge in [0.2, 0.25) is 0 Å². The Morgan fingerprint density at radius 1 is 1.43 bits per heavy atom. The van der Waals surface area contributed by atoms with Crippen LogP contribution in [0.1, 0.15) is 23.0 Å². The molecule has 0 spiro atoms. The first-order chi connectivity index (χ1) is 9.97. The first kappa shape index (κ1) is 14.9. The molecule has 1 amide bonds. The molecular weight excluding hydrogens is 268 g/mol. The molecule has 0 saturated carbocycles. The van der Waals surface area contributed by atoms with Crippen molar-refractivity contribution in [3.63, 3.8) is 0 Å². The first-order valence-electron chi connectivity index (χ1n) is 6.75. The summed E-state index contributed by atoms with van der Waals surface area (Å²) in [6.07, 6.45) is 1.46. The van der Waals surface area contributed by atoms with E-state index in [9.17, 15) is 4.79 Å². The van der Waals surface area contributed by atoms with Crippen LogP contribution < -0.4 is 15.8 Å². The average molecular weight is 288 g/mol. The summed E-state index contributed by atoms with van der Waals surface area (Å²) >= 11 is 0. The lowest BCUT2D eigenvalue weighted by Crippen LogP contribution is -2.38. The molecule has 1 aromatic heterocycles. The Labute approximate surface area is 123 Å². The molecule has 0 radical (unpaired) electrons. The van der Waals surface area contributed by atoms with E-state index in [1.807, 2.05) is 38.1 Å². The number of carbonyl (C=O) groups is 1. The number of nitrogen functional groups attached to an aromatic ring is 1. The number of ether oxygens (including phenoxy) is 1. The number of rotatable bonds is 5. The van der Waals surface area contributed by atoms with Crippen LogP contribution in [0.5, 0.6) is 5.75 Å². The van der Waals surface area contributed by atoms with Crippen molar-refractivity contribution in [2.45, 2.75) is 19.9 Å². The van der Waals surface area contributed by atoms with Crippen molar-refractivity contribution < 1.29 is 9.53 Å². The van der Waals surface area contributed by atoms with Gasteiger partial charge in [-0.05, 0) is 26.0 Å². The topological polar surface area (TPSA) is 82.2 Å². The number of nitrogens with zero attached hydrogens (tertiary/aromatic N) is 2. The Kier molecular flexibility index (Phi) is 4.47. The minimum atomic E-state index is -0.257. The fraction of sp³-hybridized carbons (Fsp3) is 0.333. The van der Waals surface area contributed by atoms with E-state index in [4.69, 9.17) is 10.5 Å². The van der Waals surface area contributed by atoms with Crippen molar-refractivity contribution in [2.24, 2.45) is 7.05 Å². The van der Waals surface area contributed by atoms with Crippen molar-refractivity contribution in [3.8, 4) is 5.75 Å². The highest BCUT2D eigenvalue weighted by Gasteiger charge is 2.17. The highest BCUT2D eigenvalue weighted by molar-refractivity contribution is 5.97. The van der Waals surface area contributed by atoms with Gasteiger partial charge in [0.25, 0.3) is 5.91 Å². The SMILES string of the molecule is Cc1ccc(OCC(C)NC(=O)c2c(N)cnn2C)cc1. The summed E-state index contributed by atoms with van der Waals surface area (Å²) in [4.78, 5) is 12.1. The average Bonchev–Trinajstić information content (AvgIpc) is 2.77. The summed E-state index contributed by atoms with van der Waals surface area (Å²) in [6, 6.07) is 7.63. The molecule has 0 aliphatic heterocycles. The summed E-state index contributed by atoms with van der Waals surface area (Å²) in [5.74, 6) is 0.522. The Bertz CT molecular complexity index is 600. The molecule has 112 valence electrons. The van der Waals surface area contributed by atoms with Crippen LogP contribution in [-0.2, 0) is 7.05 Å². The fourth-order valence-electron chi connectivity index (χ4n) is 1.92. The van der Waals surface area contributed by atoms with Gasteiger partial charge in [0.15, 0.2) is 0 Å². The Morgan fingerprint density at radius 3 is 2.67 bits per heavy atom. The predicted molar refractivity (Wildman–Crippen MR) is 81.2 cm³/mol. The molecule has 21 heavy (non-hydrogen) atoms. The van der Waals surface area contributed by atoms with E-state index in [-0.39, 0.29) is 11.9 Å². The van der Waals surface area contributed by atoms with Crippen molar-refractivity contribution >= 4 is 11.6 Å². The summed E-state index contributed by atoms with van der Waals surface area (Å²) in [6.45, 7) is 4.27. The summed E-state index contributed by atoms with van der Waals surface area (Å²) in [7, 11) is 1.68. The molecule has 6 nitrogen and oxygen atoms in total. The molecule has 0 aliphatic rings. The number of hydrogen-bond donors (Lipinski definition) is 2. The third kappa shape index (κ3) is 3.75. The van der Waals surface area contributed by atoms with Crippen LogP contribution in [0.25, 0.3) is 0 Å². The zero-order valence-corrected chi connectivity index (χ0v) is 12.5. The highest BCUT2D eigenvalue weighted by Crippen LogP contribution is 2.12. The van der Waals surface area contributed by atoms with E-state index in [2.05, 4.69) is 10.4 Å². The predicted octanol–water partition coefficient (Wildman–Crippen LogP) is 1.51. The molecule has 1 atom stereocenters. The van der Waals surface area contributed by atoms with Crippen LogP contribution in [0, 0.1) is 6.92 Å². The maximum absolute atomic E-state index is 12.1. The molecular formula is C15H20N4O2. The number of nitrogens with two attached hydrogens (primary N) is 1. The highest BCUT2D eigenvalue weighted by atomic mass is 16.5. The minimum Gasteiger partial charge on any atom is -0.491 e. The molecule has 3 N–H and O–H groups in total. The van der Waals surface area contributed by atoms with Crippen LogP contribution >= 0.6 is 0 Å². The number of anilines is 1. The third-order valence-corrected chi connectivity index (χ3v) is 3.08. The Balaban J connectivity index is 1.88. The Morgan fingerprint density at radius 2 is 2.10 bits per heavy atom. The number of aryl methyl sites for hydroxylation is 2. The molecule has 2 rings (SSSR count). The molecule has 2 aromatic rings. The molecule has 0 fully saturated rings. The summed E-state index contributed by atoms with van der Waals surface area (Å²) in [5, 5.41) is 6.79. The summed E-state index contributed by atoms with van der Waals surface area (Å²) < 4.78 is 7.09. The normalized spacial score (nSPS) is 12.0. The van der Waals surface area contributed by atoms with Crippen LogP contribution in [-0.4, -0.2) is 28.3 Å². The quantitative estimate of drug-likeness (QED) is 0.873. The zero-order valence-electron chi connectivity index (χ0n) is 12.5. The standard InChI is InChI=1S/C15H20N4O2/c1-10-4-6-12(7-5-10)21-9-11(2)18-15(20)14-13(16)8-17-19(14)3/h4-8,11H,9,16H2,1-3H3,(H,18,20). The maximum Gasteiger partial charge on any atom is 0.272 e. The van der Waals surface area contributed by atoms with Gasteiger partial charge in [0.1, 0.15) is 18.1 Å². The van der Waals surface area contributed by atoms with Crippen LogP contribution in [0.2, 0.25) is 0 Å². The molecule has 1 unspecified atom stereocenters. The monoisotopic (exact) mass is 288 g/mol. The number of amides is 1. The lowest BCUT2D eigenvalue weighted by atomic mass is 10.2. The van der Waals surface area contributed by atoms with Crippen molar-refractivity contribution in [1.29, 1.82) is 0 Å². The van der Waals surface area contributed by atoms with Crippen molar-refractivity contribution in [1.82, 2.24) is 15.1 Å². The van der Waals surface area contributed by atoms with Crippen molar-refractivity contribution in [3.05, 3.63) is 41.7 Å². The maximum atomic E-state index is 12.1. The van der Waals surface area contributed by atoms with Gasteiger partial charge in [-0.3, -0.25) is 9.48 Å². The van der Waals surface area contributed by atoms with Crippen LogP contribution in [0.3, 0.4) is 0 Å². The van der Waals surface area contributed by atoms with E-state index < -0.39 is 0 Å². The number of aromatic nitrogens is 2. The minimum absolute atomic E-state index is 0.145. The van der Waals surface area contributed by atoms with E-state index in [1.54, 1.807) is 7.05 Å². The molecule has 6 heteroatoms. The number of hydrogen-bond acceptors (Lipinski definition) is 4. The van der Waals surface area contributed by atoms with Gasteiger partial charge < -0.3 is 15.8 Å². The second kappa shape index (κ2) is 6.30.